The SMILES string of the molecule is CC(C)C(Nc1cc(Cl)nc(N)n1)c1cccs1. The zero-order valence-electron chi connectivity index (χ0n) is 10.2. The standard InChI is InChI=1S/C12H15ClN4S/c1-7(2)11(8-4-3-5-18-8)16-10-6-9(13)15-12(14)17-10/h3-7,11H,1-2H3,(H3,14,15,16,17). The highest BCUT2D eigenvalue weighted by atomic mass is 35.5. The molecule has 2 aromatic rings. The molecule has 4 nitrogen and oxygen atoms in total. The molecule has 0 saturated heterocycles. The topological polar surface area (TPSA) is 63.8 Å². The molecule has 96 valence electrons. The summed E-state index contributed by atoms with van der Waals surface area (Å²) in [5, 5.41) is 5.77. The largest absolute Gasteiger partial charge is 0.368 e. The summed E-state index contributed by atoms with van der Waals surface area (Å²) in [5.41, 5.74) is 5.59. The summed E-state index contributed by atoms with van der Waals surface area (Å²) >= 11 is 7.59. The molecule has 0 aliphatic carbocycles. The number of thiophene rings is 1. The molecular weight excluding hydrogens is 268 g/mol. The normalized spacial score (nSPS) is 12.7. The Labute approximate surface area is 115 Å². The number of nitrogens with one attached hydrogen (secondary N) is 1. The molecule has 0 bridgehead atoms. The van der Waals surface area contributed by atoms with Crippen LogP contribution in [0.1, 0.15) is 24.8 Å². The van der Waals surface area contributed by atoms with E-state index in [0.29, 0.717) is 16.9 Å². The lowest BCUT2D eigenvalue weighted by Crippen LogP contribution is -2.17. The number of nitrogens with zero attached hydrogens (tertiary/aromatic N) is 2. The lowest BCUT2D eigenvalue weighted by Gasteiger charge is -2.21. The fourth-order valence-electron chi connectivity index (χ4n) is 1.70. The van der Waals surface area contributed by atoms with Crippen LogP contribution in [0.15, 0.2) is 23.6 Å². The van der Waals surface area contributed by atoms with Gasteiger partial charge in [0.25, 0.3) is 0 Å². The second-order valence-electron chi connectivity index (χ2n) is 4.32. The third-order valence-electron chi connectivity index (χ3n) is 2.53. The van der Waals surface area contributed by atoms with Crippen molar-refractivity contribution in [2.24, 2.45) is 5.92 Å². The molecule has 0 saturated carbocycles. The van der Waals surface area contributed by atoms with E-state index in [9.17, 15) is 0 Å². The van der Waals surface area contributed by atoms with Crippen LogP contribution in [0.2, 0.25) is 5.15 Å². The summed E-state index contributed by atoms with van der Waals surface area (Å²) in [6.45, 7) is 4.31. The maximum Gasteiger partial charge on any atom is 0.223 e. The van der Waals surface area contributed by atoms with Crippen LogP contribution in [0.5, 0.6) is 0 Å². The molecule has 6 heteroatoms. The zero-order chi connectivity index (χ0) is 13.1. The van der Waals surface area contributed by atoms with Gasteiger partial charge in [-0.1, -0.05) is 31.5 Å². The van der Waals surface area contributed by atoms with Gasteiger partial charge in [-0.15, -0.1) is 11.3 Å². The smallest absolute Gasteiger partial charge is 0.223 e. The van der Waals surface area contributed by atoms with Crippen molar-refractivity contribution < 1.29 is 0 Å². The summed E-state index contributed by atoms with van der Waals surface area (Å²) in [6.07, 6.45) is 0. The zero-order valence-corrected chi connectivity index (χ0v) is 11.8. The minimum absolute atomic E-state index is 0.179. The molecule has 1 unspecified atom stereocenters. The Morgan fingerprint density at radius 3 is 2.72 bits per heavy atom. The third kappa shape index (κ3) is 3.11. The Kier molecular flexibility index (Phi) is 4.04. The number of anilines is 2. The Bertz CT molecular complexity index is 493. The minimum Gasteiger partial charge on any atom is -0.368 e. The van der Waals surface area contributed by atoms with E-state index >= 15 is 0 Å². The fourth-order valence-corrected chi connectivity index (χ4v) is 2.84. The predicted octanol–water partition coefficient (Wildman–Crippen LogP) is 3.58. The highest BCUT2D eigenvalue weighted by Gasteiger charge is 2.17. The number of hydrogen-bond acceptors (Lipinski definition) is 5. The van der Waals surface area contributed by atoms with Gasteiger partial charge in [0.15, 0.2) is 0 Å². The molecule has 2 aromatic heterocycles. The van der Waals surface area contributed by atoms with Gasteiger partial charge < -0.3 is 11.1 Å². The summed E-state index contributed by atoms with van der Waals surface area (Å²) in [6, 6.07) is 6.02. The number of nitrogens with two attached hydrogens (primary N) is 1. The van der Waals surface area contributed by atoms with Crippen LogP contribution >= 0.6 is 22.9 Å². The fraction of sp³-hybridized carbons (Fsp3) is 0.333. The van der Waals surface area contributed by atoms with E-state index in [1.54, 1.807) is 17.4 Å². The van der Waals surface area contributed by atoms with E-state index in [1.807, 2.05) is 6.07 Å². The number of halogens is 1. The first-order valence-corrected chi connectivity index (χ1v) is 6.92. The second-order valence-corrected chi connectivity index (χ2v) is 5.68. The van der Waals surface area contributed by atoms with Gasteiger partial charge in [0.1, 0.15) is 11.0 Å². The quantitative estimate of drug-likeness (QED) is 0.841. The molecular formula is C12H15ClN4S. The van der Waals surface area contributed by atoms with Crippen molar-refractivity contribution in [1.82, 2.24) is 9.97 Å². The van der Waals surface area contributed by atoms with E-state index in [1.165, 1.54) is 4.88 Å². The van der Waals surface area contributed by atoms with E-state index in [2.05, 4.69) is 40.6 Å². The lowest BCUT2D eigenvalue weighted by atomic mass is 10.0. The number of hydrogen-bond donors (Lipinski definition) is 2. The van der Waals surface area contributed by atoms with E-state index in [0.717, 1.165) is 0 Å². The van der Waals surface area contributed by atoms with Gasteiger partial charge in [-0.3, -0.25) is 0 Å². The maximum absolute atomic E-state index is 5.87. The van der Waals surface area contributed by atoms with Crippen molar-refractivity contribution in [2.75, 3.05) is 11.1 Å². The third-order valence-corrected chi connectivity index (χ3v) is 3.68. The Morgan fingerprint density at radius 1 is 1.39 bits per heavy atom. The van der Waals surface area contributed by atoms with Crippen molar-refractivity contribution in [3.8, 4) is 0 Å². The molecule has 0 fully saturated rings. The average molecular weight is 283 g/mol. The molecule has 0 spiro atoms. The Hall–Kier alpha value is -1.33. The molecule has 18 heavy (non-hydrogen) atoms. The van der Waals surface area contributed by atoms with Gasteiger partial charge in [-0.2, -0.15) is 4.98 Å². The molecule has 3 N–H and O–H groups in total. The van der Waals surface area contributed by atoms with Crippen molar-refractivity contribution in [1.29, 1.82) is 0 Å². The molecule has 1 atom stereocenters. The number of nitrogen functional groups attached to an aromatic ring is 1. The first kappa shape index (κ1) is 13.1. The van der Waals surface area contributed by atoms with Crippen LogP contribution in [0.3, 0.4) is 0 Å². The van der Waals surface area contributed by atoms with E-state index < -0.39 is 0 Å². The molecule has 0 aromatic carbocycles. The lowest BCUT2D eigenvalue weighted by molar-refractivity contribution is 0.552. The van der Waals surface area contributed by atoms with Gasteiger partial charge in [0.2, 0.25) is 5.95 Å². The highest BCUT2D eigenvalue weighted by Crippen LogP contribution is 2.29. The molecule has 0 aliphatic rings. The van der Waals surface area contributed by atoms with E-state index in [4.69, 9.17) is 17.3 Å². The summed E-state index contributed by atoms with van der Waals surface area (Å²) in [4.78, 5) is 9.25. The molecule has 0 amide bonds. The van der Waals surface area contributed by atoms with E-state index in [-0.39, 0.29) is 12.0 Å². The van der Waals surface area contributed by atoms with Gasteiger partial charge in [0, 0.05) is 10.9 Å². The summed E-state index contributed by atoms with van der Waals surface area (Å²) in [7, 11) is 0. The minimum atomic E-state index is 0.179. The number of aromatic nitrogens is 2. The summed E-state index contributed by atoms with van der Waals surface area (Å²) < 4.78 is 0. The molecule has 2 rings (SSSR count). The summed E-state index contributed by atoms with van der Waals surface area (Å²) in [5.74, 6) is 1.26. The second kappa shape index (κ2) is 5.54. The van der Waals surface area contributed by atoms with Gasteiger partial charge in [0.05, 0.1) is 6.04 Å². The van der Waals surface area contributed by atoms with Crippen molar-refractivity contribution in [3.05, 3.63) is 33.6 Å². The Morgan fingerprint density at radius 2 is 2.17 bits per heavy atom. The van der Waals surface area contributed by atoms with Crippen LogP contribution in [0.4, 0.5) is 11.8 Å². The van der Waals surface area contributed by atoms with Crippen LogP contribution in [-0.4, -0.2) is 9.97 Å². The maximum atomic E-state index is 5.87. The van der Waals surface area contributed by atoms with Crippen LogP contribution < -0.4 is 11.1 Å². The van der Waals surface area contributed by atoms with Gasteiger partial charge in [-0.05, 0) is 17.4 Å². The van der Waals surface area contributed by atoms with Crippen LogP contribution in [0, 0.1) is 5.92 Å². The van der Waals surface area contributed by atoms with Crippen molar-refractivity contribution in [3.63, 3.8) is 0 Å². The van der Waals surface area contributed by atoms with Crippen LogP contribution in [-0.2, 0) is 0 Å². The monoisotopic (exact) mass is 282 g/mol. The number of rotatable bonds is 4. The predicted molar refractivity (Wildman–Crippen MR) is 77.0 cm³/mol. The van der Waals surface area contributed by atoms with Gasteiger partial charge >= 0.3 is 0 Å². The average Bonchev–Trinajstić information content (AvgIpc) is 2.77. The van der Waals surface area contributed by atoms with Crippen molar-refractivity contribution >= 4 is 34.7 Å². The molecule has 2 heterocycles. The van der Waals surface area contributed by atoms with Gasteiger partial charge in [-0.25, -0.2) is 4.98 Å². The first-order chi connectivity index (χ1) is 8.56. The highest BCUT2D eigenvalue weighted by molar-refractivity contribution is 7.10. The van der Waals surface area contributed by atoms with Crippen molar-refractivity contribution in [2.45, 2.75) is 19.9 Å². The molecule has 0 radical (unpaired) electrons. The Balaban J connectivity index is 2.24. The first-order valence-electron chi connectivity index (χ1n) is 5.66. The van der Waals surface area contributed by atoms with Crippen LogP contribution in [0.25, 0.3) is 0 Å². The molecule has 0 aliphatic heterocycles.